The first-order valence-electron chi connectivity index (χ1n) is 13.4. The van der Waals surface area contributed by atoms with Crippen molar-refractivity contribution >= 4 is 5.97 Å². The molecule has 0 bridgehead atoms. The predicted molar refractivity (Wildman–Crippen MR) is 124 cm³/mol. The molecule has 30 heavy (non-hydrogen) atoms. The quantitative estimate of drug-likeness (QED) is 0.479. The summed E-state index contributed by atoms with van der Waals surface area (Å²) in [5.74, 6) is 5.41. The summed E-state index contributed by atoms with van der Waals surface area (Å²) in [5.41, 5.74) is 0.983. The Kier molecular flexibility index (Phi) is 6.37. The molecule has 4 aliphatic rings. The average molecular weight is 417 g/mol. The van der Waals surface area contributed by atoms with Gasteiger partial charge < -0.3 is 5.11 Å². The van der Waals surface area contributed by atoms with Crippen LogP contribution in [-0.4, -0.2) is 11.1 Å². The highest BCUT2D eigenvalue weighted by Gasteiger charge is 2.60. The maximum atomic E-state index is 11.6. The molecule has 2 nitrogen and oxygen atoms in total. The third-order valence-electron chi connectivity index (χ3n) is 11.2. The monoisotopic (exact) mass is 416 g/mol. The minimum absolute atomic E-state index is 0.0731. The second kappa shape index (κ2) is 8.43. The summed E-state index contributed by atoms with van der Waals surface area (Å²) in [4.78, 5) is 11.6. The molecule has 0 amide bonds. The Morgan fingerprint density at radius 1 is 0.900 bits per heavy atom. The zero-order valence-electron chi connectivity index (χ0n) is 20.5. The van der Waals surface area contributed by atoms with E-state index in [-0.39, 0.29) is 5.92 Å². The molecular weight excluding hydrogens is 368 g/mol. The number of carboxylic acids is 1. The summed E-state index contributed by atoms with van der Waals surface area (Å²) >= 11 is 0. The first kappa shape index (κ1) is 22.7. The van der Waals surface area contributed by atoms with E-state index in [1.165, 1.54) is 57.8 Å². The lowest BCUT2D eigenvalue weighted by Gasteiger charge is -2.61. The Hall–Kier alpha value is -0.530. The van der Waals surface area contributed by atoms with Crippen molar-refractivity contribution in [2.75, 3.05) is 0 Å². The largest absolute Gasteiger partial charge is 0.481 e. The molecule has 9 atom stereocenters. The fraction of sp³-hybridized carbons (Fsp3) is 0.964. The molecule has 172 valence electrons. The predicted octanol–water partition coefficient (Wildman–Crippen LogP) is 7.81. The van der Waals surface area contributed by atoms with E-state index < -0.39 is 5.97 Å². The molecule has 4 saturated carbocycles. The van der Waals surface area contributed by atoms with Gasteiger partial charge in [0.1, 0.15) is 0 Å². The molecule has 0 spiro atoms. The molecule has 0 aromatic heterocycles. The Labute approximate surface area is 186 Å². The van der Waals surface area contributed by atoms with Crippen molar-refractivity contribution in [3.05, 3.63) is 0 Å². The van der Waals surface area contributed by atoms with Gasteiger partial charge in [-0.15, -0.1) is 0 Å². The highest BCUT2D eigenvalue weighted by Crippen LogP contribution is 2.68. The topological polar surface area (TPSA) is 37.3 Å². The van der Waals surface area contributed by atoms with Crippen molar-refractivity contribution in [1.82, 2.24) is 0 Å². The van der Waals surface area contributed by atoms with Gasteiger partial charge in [-0.05, 0) is 110 Å². The molecule has 1 N–H and O–H groups in total. The molecule has 4 rings (SSSR count). The van der Waals surface area contributed by atoms with E-state index >= 15 is 0 Å². The van der Waals surface area contributed by atoms with Gasteiger partial charge in [0.25, 0.3) is 0 Å². The Bertz CT molecular complexity index is 626. The van der Waals surface area contributed by atoms with Gasteiger partial charge in [-0.3, -0.25) is 4.79 Å². The van der Waals surface area contributed by atoms with E-state index in [1.807, 2.05) is 0 Å². The molecule has 0 aliphatic heterocycles. The Morgan fingerprint density at radius 2 is 1.60 bits per heavy atom. The molecule has 0 radical (unpaired) electrons. The summed E-state index contributed by atoms with van der Waals surface area (Å²) in [7, 11) is 0. The van der Waals surface area contributed by atoms with Crippen LogP contribution in [0.5, 0.6) is 0 Å². The summed E-state index contributed by atoms with van der Waals surface area (Å²) in [5, 5.41) is 9.57. The molecule has 0 saturated heterocycles. The highest BCUT2D eigenvalue weighted by atomic mass is 16.4. The molecule has 4 fully saturated rings. The lowest BCUT2D eigenvalue weighted by Crippen LogP contribution is -2.54. The van der Waals surface area contributed by atoms with E-state index in [0.717, 1.165) is 54.8 Å². The van der Waals surface area contributed by atoms with Crippen LogP contribution in [0, 0.1) is 58.2 Å². The molecular formula is C28H48O2. The lowest BCUT2D eigenvalue weighted by atomic mass is 9.44. The fourth-order valence-corrected chi connectivity index (χ4v) is 9.51. The number of aliphatic carboxylic acids is 1. The van der Waals surface area contributed by atoms with Gasteiger partial charge in [0.2, 0.25) is 0 Å². The van der Waals surface area contributed by atoms with Crippen molar-refractivity contribution in [3.8, 4) is 0 Å². The maximum absolute atomic E-state index is 11.6. The number of carboxylic acid groups (broad SMARTS) is 1. The van der Waals surface area contributed by atoms with Crippen LogP contribution in [0.25, 0.3) is 0 Å². The maximum Gasteiger partial charge on any atom is 0.306 e. The number of hydrogen-bond acceptors (Lipinski definition) is 1. The smallest absolute Gasteiger partial charge is 0.306 e. The summed E-state index contributed by atoms with van der Waals surface area (Å²) in [6, 6.07) is 0. The molecule has 0 aromatic carbocycles. The normalized spacial score (nSPS) is 46.7. The number of carbonyl (C=O) groups is 1. The van der Waals surface area contributed by atoms with Gasteiger partial charge >= 0.3 is 5.97 Å². The lowest BCUT2D eigenvalue weighted by molar-refractivity contribution is -0.152. The Balaban J connectivity index is 1.45. The van der Waals surface area contributed by atoms with Crippen molar-refractivity contribution < 1.29 is 9.90 Å². The summed E-state index contributed by atoms with van der Waals surface area (Å²) in [6.07, 6.45) is 15.7. The van der Waals surface area contributed by atoms with Crippen LogP contribution in [0.1, 0.15) is 112 Å². The second-order valence-electron chi connectivity index (χ2n) is 13.0. The van der Waals surface area contributed by atoms with Crippen LogP contribution in [0.2, 0.25) is 0 Å². The zero-order chi connectivity index (χ0) is 21.7. The fourth-order valence-electron chi connectivity index (χ4n) is 9.51. The molecule has 0 aromatic rings. The van der Waals surface area contributed by atoms with Crippen LogP contribution in [-0.2, 0) is 4.79 Å². The Morgan fingerprint density at radius 3 is 2.30 bits per heavy atom. The standard InChI is InChI=1S/C28H48O2/c1-18(2)7-6-8-19(3)23-11-12-24-22-10-9-21-17-20(26(29)30)13-15-27(21,4)25(22)14-16-28(23,24)5/h18-25H,6-17H2,1-5H3,(H,29,30)/t19-,20-,21+,22+,23+,24-,25-,27+,28+/m1/s1. The first-order valence-corrected chi connectivity index (χ1v) is 13.4. The van der Waals surface area contributed by atoms with Crippen molar-refractivity contribution in [3.63, 3.8) is 0 Å². The van der Waals surface area contributed by atoms with Gasteiger partial charge in [0.15, 0.2) is 0 Å². The molecule has 4 aliphatic carbocycles. The zero-order valence-corrected chi connectivity index (χ0v) is 20.5. The summed E-state index contributed by atoms with van der Waals surface area (Å²) in [6.45, 7) is 12.5. The van der Waals surface area contributed by atoms with Crippen molar-refractivity contribution in [2.45, 2.75) is 112 Å². The van der Waals surface area contributed by atoms with E-state index in [1.54, 1.807) is 0 Å². The van der Waals surface area contributed by atoms with Gasteiger partial charge in [0, 0.05) is 0 Å². The van der Waals surface area contributed by atoms with Crippen LogP contribution < -0.4 is 0 Å². The minimum atomic E-state index is -0.541. The number of fused-ring (bicyclic) bond motifs is 5. The van der Waals surface area contributed by atoms with E-state index in [4.69, 9.17) is 0 Å². The van der Waals surface area contributed by atoms with Crippen LogP contribution >= 0.6 is 0 Å². The van der Waals surface area contributed by atoms with Crippen LogP contribution in [0.15, 0.2) is 0 Å². The second-order valence-corrected chi connectivity index (χ2v) is 13.0. The third kappa shape index (κ3) is 3.77. The van der Waals surface area contributed by atoms with E-state index in [0.29, 0.717) is 16.7 Å². The number of rotatable bonds is 6. The van der Waals surface area contributed by atoms with Gasteiger partial charge in [-0.1, -0.05) is 53.9 Å². The molecule has 0 unspecified atom stereocenters. The summed E-state index contributed by atoms with van der Waals surface area (Å²) < 4.78 is 0. The van der Waals surface area contributed by atoms with Gasteiger partial charge in [0.05, 0.1) is 5.92 Å². The third-order valence-corrected chi connectivity index (χ3v) is 11.2. The van der Waals surface area contributed by atoms with E-state index in [9.17, 15) is 9.90 Å². The van der Waals surface area contributed by atoms with Crippen molar-refractivity contribution in [1.29, 1.82) is 0 Å². The van der Waals surface area contributed by atoms with E-state index in [2.05, 4.69) is 34.6 Å². The SMILES string of the molecule is CC(C)CCC[C@@H](C)[C@@H]1CC[C@@H]2[C@@H]3CC[C@H]4C[C@H](C(=O)O)CC[C@]4(C)[C@@H]3CC[C@]21C. The van der Waals surface area contributed by atoms with Crippen molar-refractivity contribution in [2.24, 2.45) is 58.2 Å². The highest BCUT2D eigenvalue weighted by molar-refractivity contribution is 5.70. The van der Waals surface area contributed by atoms with Crippen LogP contribution in [0.4, 0.5) is 0 Å². The first-order chi connectivity index (χ1) is 14.2. The molecule has 2 heteroatoms. The molecule has 0 heterocycles. The average Bonchev–Trinajstić information content (AvgIpc) is 3.04. The van der Waals surface area contributed by atoms with Crippen LogP contribution in [0.3, 0.4) is 0 Å². The van der Waals surface area contributed by atoms with Gasteiger partial charge in [-0.2, -0.15) is 0 Å². The van der Waals surface area contributed by atoms with Gasteiger partial charge in [-0.25, -0.2) is 0 Å². The minimum Gasteiger partial charge on any atom is -0.481 e. The number of hydrogen-bond donors (Lipinski definition) is 1.